The summed E-state index contributed by atoms with van der Waals surface area (Å²) in [5.74, 6) is 0.400. The topological polar surface area (TPSA) is 45.7 Å². The first kappa shape index (κ1) is 21.7. The molecule has 7 heteroatoms. The molecule has 2 N–H and O–H groups in total. The number of hydrogen-bond acceptors (Lipinski definition) is 2. The molecule has 0 aromatic heterocycles. The zero-order valence-electron chi connectivity index (χ0n) is 14.2. The van der Waals surface area contributed by atoms with Crippen molar-refractivity contribution >= 4 is 41.5 Å². The van der Waals surface area contributed by atoms with Gasteiger partial charge in [-0.15, -0.1) is 24.0 Å². The molecule has 0 aliphatic heterocycles. The lowest BCUT2D eigenvalue weighted by Gasteiger charge is -2.13. The summed E-state index contributed by atoms with van der Waals surface area (Å²) >= 11 is 5.97. The van der Waals surface area contributed by atoms with E-state index in [1.165, 1.54) is 6.07 Å². The van der Waals surface area contributed by atoms with Crippen molar-refractivity contribution in [1.29, 1.82) is 0 Å². The minimum Gasteiger partial charge on any atom is -0.380 e. The number of hydrogen-bond donors (Lipinski definition) is 2. The molecule has 0 atom stereocenters. The third-order valence-electron chi connectivity index (χ3n) is 3.44. The van der Waals surface area contributed by atoms with Crippen molar-refractivity contribution in [3.05, 3.63) is 70.0 Å². The van der Waals surface area contributed by atoms with E-state index in [-0.39, 0.29) is 36.4 Å². The Balaban J connectivity index is 0.00000312. The van der Waals surface area contributed by atoms with E-state index in [9.17, 15) is 4.39 Å². The molecule has 0 heterocycles. The van der Waals surface area contributed by atoms with Crippen LogP contribution in [0.25, 0.3) is 0 Å². The summed E-state index contributed by atoms with van der Waals surface area (Å²) < 4.78 is 18.6. The van der Waals surface area contributed by atoms with Crippen molar-refractivity contribution in [1.82, 2.24) is 10.6 Å². The van der Waals surface area contributed by atoms with Gasteiger partial charge >= 0.3 is 0 Å². The van der Waals surface area contributed by atoms with Crippen molar-refractivity contribution in [3.63, 3.8) is 0 Å². The average Bonchev–Trinajstić information content (AvgIpc) is 2.58. The first-order chi connectivity index (χ1) is 11.6. The molecule has 0 saturated heterocycles. The Bertz CT molecular complexity index is 712. The highest BCUT2D eigenvalue weighted by molar-refractivity contribution is 14.0. The van der Waals surface area contributed by atoms with Crippen molar-refractivity contribution in [2.45, 2.75) is 19.7 Å². The fourth-order valence-corrected chi connectivity index (χ4v) is 2.46. The number of nitrogens with one attached hydrogen (secondary N) is 2. The van der Waals surface area contributed by atoms with Gasteiger partial charge in [0.2, 0.25) is 0 Å². The van der Waals surface area contributed by atoms with Gasteiger partial charge in [0.25, 0.3) is 0 Å². The molecule has 2 aromatic rings. The van der Waals surface area contributed by atoms with Gasteiger partial charge in [-0.1, -0.05) is 29.8 Å². The van der Waals surface area contributed by atoms with Crippen molar-refractivity contribution in [2.75, 3.05) is 14.2 Å². The zero-order valence-corrected chi connectivity index (χ0v) is 17.3. The van der Waals surface area contributed by atoms with Crippen LogP contribution in [-0.2, 0) is 24.4 Å². The van der Waals surface area contributed by atoms with E-state index in [0.717, 1.165) is 11.1 Å². The molecule has 0 unspecified atom stereocenters. The van der Waals surface area contributed by atoms with Crippen LogP contribution in [0.15, 0.2) is 47.5 Å². The van der Waals surface area contributed by atoms with Gasteiger partial charge in [-0.05, 0) is 35.4 Å². The second kappa shape index (κ2) is 11.3. The first-order valence-electron chi connectivity index (χ1n) is 7.57. The summed E-state index contributed by atoms with van der Waals surface area (Å²) in [6.45, 7) is 1.40. The SMILES string of the molecule is CN=C(NCc1cccc(Cl)c1)NCc1ccc(F)c(COC)c1.I. The standard InChI is InChI=1S/C18H21ClFN3O.HI/c1-21-18(22-10-13-4-3-5-16(19)9-13)23-11-14-6-7-17(20)15(8-14)12-24-2;/h3-9H,10-12H2,1-2H3,(H2,21,22,23);1H. The minimum absolute atomic E-state index is 0. The van der Waals surface area contributed by atoms with Gasteiger partial charge in [0.1, 0.15) is 5.82 Å². The highest BCUT2D eigenvalue weighted by Gasteiger charge is 2.05. The van der Waals surface area contributed by atoms with Gasteiger partial charge in [0.15, 0.2) is 5.96 Å². The van der Waals surface area contributed by atoms with E-state index >= 15 is 0 Å². The number of ether oxygens (including phenoxy) is 1. The highest BCUT2D eigenvalue weighted by atomic mass is 127. The Morgan fingerprint density at radius 2 is 1.80 bits per heavy atom. The summed E-state index contributed by atoms with van der Waals surface area (Å²) in [7, 11) is 3.25. The number of aliphatic imine (C=N–C) groups is 1. The molecule has 4 nitrogen and oxygen atoms in total. The van der Waals surface area contributed by atoms with E-state index in [0.29, 0.717) is 29.6 Å². The quantitative estimate of drug-likeness (QED) is 0.374. The van der Waals surface area contributed by atoms with Gasteiger partial charge in [0, 0.05) is 37.8 Å². The Labute approximate surface area is 169 Å². The van der Waals surface area contributed by atoms with Crippen LogP contribution in [0, 0.1) is 5.82 Å². The smallest absolute Gasteiger partial charge is 0.191 e. The van der Waals surface area contributed by atoms with Crippen LogP contribution in [0.2, 0.25) is 5.02 Å². The third-order valence-corrected chi connectivity index (χ3v) is 3.68. The summed E-state index contributed by atoms with van der Waals surface area (Å²) in [6.07, 6.45) is 0. The number of methoxy groups -OCH3 is 1. The molecule has 0 radical (unpaired) electrons. The summed E-state index contributed by atoms with van der Waals surface area (Å²) in [5, 5.41) is 7.12. The number of rotatable bonds is 6. The zero-order chi connectivity index (χ0) is 17.4. The Morgan fingerprint density at radius 3 is 2.40 bits per heavy atom. The Kier molecular flexibility index (Phi) is 9.77. The molecule has 136 valence electrons. The van der Waals surface area contributed by atoms with Crippen molar-refractivity contribution in [3.8, 4) is 0 Å². The minimum atomic E-state index is -0.260. The Morgan fingerprint density at radius 1 is 1.12 bits per heavy atom. The maximum absolute atomic E-state index is 13.6. The van der Waals surface area contributed by atoms with Crippen LogP contribution in [0.3, 0.4) is 0 Å². The second-order valence-corrected chi connectivity index (χ2v) is 5.70. The average molecular weight is 478 g/mol. The summed E-state index contributed by atoms with van der Waals surface area (Å²) in [5.41, 5.74) is 2.56. The van der Waals surface area contributed by atoms with Gasteiger partial charge in [0.05, 0.1) is 6.61 Å². The molecule has 0 amide bonds. The number of guanidine groups is 1. The maximum atomic E-state index is 13.6. The lowest BCUT2D eigenvalue weighted by Crippen LogP contribution is -2.36. The van der Waals surface area contributed by atoms with E-state index < -0.39 is 0 Å². The van der Waals surface area contributed by atoms with Crippen LogP contribution < -0.4 is 10.6 Å². The van der Waals surface area contributed by atoms with E-state index in [1.54, 1.807) is 26.3 Å². The molecule has 0 fully saturated rings. The molecule has 2 rings (SSSR count). The van der Waals surface area contributed by atoms with Crippen LogP contribution in [0.1, 0.15) is 16.7 Å². The van der Waals surface area contributed by atoms with Crippen molar-refractivity contribution < 1.29 is 9.13 Å². The summed E-state index contributed by atoms with van der Waals surface area (Å²) in [6, 6.07) is 12.6. The fraction of sp³-hybridized carbons (Fsp3) is 0.278. The molecule has 0 bridgehead atoms. The molecular formula is C18H22ClFIN3O. The Hall–Kier alpha value is -1.38. The molecular weight excluding hydrogens is 456 g/mol. The largest absolute Gasteiger partial charge is 0.380 e. The van der Waals surface area contributed by atoms with Gasteiger partial charge < -0.3 is 15.4 Å². The van der Waals surface area contributed by atoms with E-state index in [1.807, 2.05) is 24.3 Å². The predicted molar refractivity (Wildman–Crippen MR) is 111 cm³/mol. The second-order valence-electron chi connectivity index (χ2n) is 5.27. The predicted octanol–water partition coefficient (Wildman–Crippen LogP) is 4.11. The van der Waals surface area contributed by atoms with Gasteiger partial charge in [-0.2, -0.15) is 0 Å². The van der Waals surface area contributed by atoms with Gasteiger partial charge in [-0.3, -0.25) is 4.99 Å². The van der Waals surface area contributed by atoms with Crippen LogP contribution in [0.5, 0.6) is 0 Å². The normalized spacial score (nSPS) is 11.0. The number of halogens is 3. The fourth-order valence-electron chi connectivity index (χ4n) is 2.24. The summed E-state index contributed by atoms with van der Waals surface area (Å²) in [4.78, 5) is 4.18. The number of benzene rings is 2. The molecule has 0 spiro atoms. The van der Waals surface area contributed by atoms with E-state index in [2.05, 4.69) is 15.6 Å². The van der Waals surface area contributed by atoms with Gasteiger partial charge in [-0.25, -0.2) is 4.39 Å². The monoisotopic (exact) mass is 477 g/mol. The highest BCUT2D eigenvalue weighted by Crippen LogP contribution is 2.12. The number of nitrogens with zero attached hydrogens (tertiary/aromatic N) is 1. The van der Waals surface area contributed by atoms with Crippen LogP contribution in [-0.4, -0.2) is 20.1 Å². The van der Waals surface area contributed by atoms with Crippen molar-refractivity contribution in [2.24, 2.45) is 4.99 Å². The third kappa shape index (κ3) is 7.17. The molecule has 0 aliphatic carbocycles. The lowest BCUT2D eigenvalue weighted by atomic mass is 10.1. The van der Waals surface area contributed by atoms with Crippen LogP contribution >= 0.6 is 35.6 Å². The molecule has 0 aliphatic rings. The van der Waals surface area contributed by atoms with E-state index in [4.69, 9.17) is 16.3 Å². The van der Waals surface area contributed by atoms with Crippen LogP contribution in [0.4, 0.5) is 4.39 Å². The first-order valence-corrected chi connectivity index (χ1v) is 7.95. The molecule has 0 saturated carbocycles. The maximum Gasteiger partial charge on any atom is 0.191 e. The molecule has 2 aromatic carbocycles. The molecule has 25 heavy (non-hydrogen) atoms. The lowest BCUT2D eigenvalue weighted by molar-refractivity contribution is 0.181.